The van der Waals surface area contributed by atoms with Crippen molar-refractivity contribution < 1.29 is 18.1 Å². The van der Waals surface area contributed by atoms with Crippen LogP contribution in [0.5, 0.6) is 0 Å². The highest BCUT2D eigenvalue weighted by Crippen LogP contribution is 2.33. The van der Waals surface area contributed by atoms with Gasteiger partial charge in [0, 0.05) is 12.1 Å². The second-order valence-electron chi connectivity index (χ2n) is 5.13. The van der Waals surface area contributed by atoms with Gasteiger partial charge in [0.1, 0.15) is 0 Å². The third-order valence-electron chi connectivity index (χ3n) is 3.27. The first-order valence-corrected chi connectivity index (χ1v) is 6.80. The quantitative estimate of drug-likeness (QED) is 0.890. The van der Waals surface area contributed by atoms with Crippen LogP contribution in [0.25, 0.3) is 0 Å². The van der Waals surface area contributed by atoms with Gasteiger partial charge in [-0.3, -0.25) is 10.1 Å². The van der Waals surface area contributed by atoms with E-state index in [9.17, 15) is 13.6 Å². The standard InChI is InChI=1S/C14H14F2N4O2.ClH/c15-14(16)7-10(17-8-14)13-19-11(20-22-13)6-12(21)18-9-4-2-1-3-5-9;/h1-5,10,17H,6-8H2,(H,18,21);1H. The highest BCUT2D eigenvalue weighted by Gasteiger charge is 2.42. The van der Waals surface area contributed by atoms with Crippen molar-refractivity contribution in [1.29, 1.82) is 0 Å². The molecule has 0 aliphatic carbocycles. The van der Waals surface area contributed by atoms with Crippen LogP contribution >= 0.6 is 12.4 Å². The zero-order chi connectivity index (χ0) is 15.6. The van der Waals surface area contributed by atoms with Gasteiger partial charge in [-0.05, 0) is 12.1 Å². The fourth-order valence-electron chi connectivity index (χ4n) is 2.24. The lowest BCUT2D eigenvalue weighted by atomic mass is 10.2. The molecule has 1 fully saturated rings. The van der Waals surface area contributed by atoms with Crippen LogP contribution in [-0.2, 0) is 11.2 Å². The number of benzene rings is 1. The lowest BCUT2D eigenvalue weighted by molar-refractivity contribution is -0.115. The van der Waals surface area contributed by atoms with Crippen LogP contribution in [0.4, 0.5) is 14.5 Å². The smallest absolute Gasteiger partial charge is 0.262 e. The molecule has 9 heteroatoms. The number of hydrogen-bond acceptors (Lipinski definition) is 5. The summed E-state index contributed by atoms with van der Waals surface area (Å²) in [6.07, 6.45) is -0.466. The van der Waals surface area contributed by atoms with E-state index in [1.165, 1.54) is 0 Å². The number of alkyl halides is 2. The van der Waals surface area contributed by atoms with Crippen molar-refractivity contribution in [3.05, 3.63) is 42.0 Å². The number of nitrogens with one attached hydrogen (secondary N) is 2. The Morgan fingerprint density at radius 3 is 2.78 bits per heavy atom. The van der Waals surface area contributed by atoms with Gasteiger partial charge in [-0.2, -0.15) is 4.98 Å². The third-order valence-corrected chi connectivity index (χ3v) is 3.27. The first-order chi connectivity index (χ1) is 10.5. The van der Waals surface area contributed by atoms with Gasteiger partial charge in [-0.25, -0.2) is 8.78 Å². The minimum absolute atomic E-state index is 0. The molecule has 1 aliphatic rings. The fraction of sp³-hybridized carbons (Fsp3) is 0.357. The molecule has 3 rings (SSSR count). The molecule has 1 atom stereocenters. The fourth-order valence-corrected chi connectivity index (χ4v) is 2.24. The Balaban J connectivity index is 0.00000192. The van der Waals surface area contributed by atoms with Gasteiger partial charge in [0.05, 0.1) is 19.0 Å². The van der Waals surface area contributed by atoms with Crippen molar-refractivity contribution in [2.24, 2.45) is 0 Å². The summed E-state index contributed by atoms with van der Waals surface area (Å²) >= 11 is 0. The molecule has 1 aliphatic heterocycles. The van der Waals surface area contributed by atoms with Gasteiger partial charge >= 0.3 is 0 Å². The van der Waals surface area contributed by atoms with Crippen LogP contribution < -0.4 is 10.6 Å². The second kappa shape index (κ2) is 7.01. The Kier molecular flexibility index (Phi) is 5.27. The molecule has 2 N–H and O–H groups in total. The van der Waals surface area contributed by atoms with E-state index in [0.717, 1.165) is 0 Å². The molecule has 0 spiro atoms. The molecule has 1 saturated heterocycles. The summed E-state index contributed by atoms with van der Waals surface area (Å²) in [5, 5.41) is 8.97. The topological polar surface area (TPSA) is 80.1 Å². The number of anilines is 1. The zero-order valence-electron chi connectivity index (χ0n) is 12.0. The Hall–Kier alpha value is -2.06. The minimum atomic E-state index is -2.77. The maximum atomic E-state index is 13.1. The van der Waals surface area contributed by atoms with Crippen LogP contribution in [0.3, 0.4) is 0 Å². The van der Waals surface area contributed by atoms with E-state index in [0.29, 0.717) is 5.69 Å². The molecular formula is C14H15ClF2N4O2. The van der Waals surface area contributed by atoms with E-state index in [1.807, 2.05) is 6.07 Å². The van der Waals surface area contributed by atoms with E-state index < -0.39 is 18.5 Å². The molecule has 6 nitrogen and oxygen atoms in total. The van der Waals surface area contributed by atoms with Gasteiger partial charge < -0.3 is 9.84 Å². The summed E-state index contributed by atoms with van der Waals surface area (Å²) < 4.78 is 31.2. The molecule has 1 unspecified atom stereocenters. The third kappa shape index (κ3) is 4.46. The van der Waals surface area contributed by atoms with Crippen molar-refractivity contribution in [3.8, 4) is 0 Å². The Bertz CT molecular complexity index is 666. The molecule has 1 aromatic carbocycles. The summed E-state index contributed by atoms with van der Waals surface area (Å²) in [6, 6.07) is 8.27. The van der Waals surface area contributed by atoms with Gasteiger partial charge in [0.15, 0.2) is 5.82 Å². The summed E-state index contributed by atoms with van der Waals surface area (Å²) in [4.78, 5) is 15.9. The summed E-state index contributed by atoms with van der Waals surface area (Å²) in [6.45, 7) is -0.413. The molecule has 23 heavy (non-hydrogen) atoms. The Morgan fingerprint density at radius 1 is 1.39 bits per heavy atom. The number of halogens is 3. The minimum Gasteiger partial charge on any atom is -0.338 e. The zero-order valence-corrected chi connectivity index (χ0v) is 12.8. The van der Waals surface area contributed by atoms with Crippen LogP contribution in [0.15, 0.2) is 34.9 Å². The number of para-hydroxylation sites is 1. The van der Waals surface area contributed by atoms with Crippen LogP contribution in [0.2, 0.25) is 0 Å². The van der Waals surface area contributed by atoms with Gasteiger partial charge in [-0.15, -0.1) is 12.4 Å². The molecule has 0 radical (unpaired) electrons. The van der Waals surface area contributed by atoms with Crippen LogP contribution in [-0.4, -0.2) is 28.5 Å². The second-order valence-corrected chi connectivity index (χ2v) is 5.13. The number of amides is 1. The normalized spacial score (nSPS) is 19.1. The van der Waals surface area contributed by atoms with E-state index in [2.05, 4.69) is 20.8 Å². The molecule has 1 amide bonds. The molecule has 2 aromatic rings. The van der Waals surface area contributed by atoms with E-state index >= 15 is 0 Å². The van der Waals surface area contributed by atoms with Crippen molar-refractivity contribution in [2.45, 2.75) is 24.8 Å². The number of carbonyl (C=O) groups excluding carboxylic acids is 1. The molecule has 0 saturated carbocycles. The first kappa shape index (κ1) is 17.3. The van der Waals surface area contributed by atoms with E-state index in [4.69, 9.17) is 4.52 Å². The summed E-state index contributed by atoms with van der Waals surface area (Å²) in [5.74, 6) is -2.83. The number of hydrogen-bond donors (Lipinski definition) is 2. The van der Waals surface area contributed by atoms with Crippen molar-refractivity contribution >= 4 is 24.0 Å². The van der Waals surface area contributed by atoms with Crippen molar-refractivity contribution in [3.63, 3.8) is 0 Å². The average molecular weight is 345 g/mol. The summed E-state index contributed by atoms with van der Waals surface area (Å²) in [7, 11) is 0. The molecular weight excluding hydrogens is 330 g/mol. The lowest BCUT2D eigenvalue weighted by Gasteiger charge is -2.04. The number of aromatic nitrogens is 2. The highest BCUT2D eigenvalue weighted by molar-refractivity contribution is 5.91. The van der Waals surface area contributed by atoms with Gasteiger partial charge in [0.25, 0.3) is 5.92 Å². The van der Waals surface area contributed by atoms with Crippen LogP contribution in [0.1, 0.15) is 24.2 Å². The van der Waals surface area contributed by atoms with Crippen LogP contribution in [0, 0.1) is 0 Å². The van der Waals surface area contributed by atoms with Gasteiger partial charge in [0.2, 0.25) is 11.8 Å². The molecule has 1 aromatic heterocycles. The SMILES string of the molecule is Cl.O=C(Cc1noc(C2CC(F)(F)CN2)n1)Nc1ccccc1. The Labute approximate surface area is 137 Å². The van der Waals surface area contributed by atoms with E-state index in [1.54, 1.807) is 24.3 Å². The summed E-state index contributed by atoms with van der Waals surface area (Å²) in [5.41, 5.74) is 0.660. The lowest BCUT2D eigenvalue weighted by Crippen LogP contribution is -2.19. The van der Waals surface area contributed by atoms with Gasteiger partial charge in [-0.1, -0.05) is 23.4 Å². The molecule has 2 heterocycles. The Morgan fingerprint density at radius 2 is 2.13 bits per heavy atom. The van der Waals surface area contributed by atoms with Crippen molar-refractivity contribution in [1.82, 2.24) is 15.5 Å². The number of nitrogens with zero attached hydrogens (tertiary/aromatic N) is 2. The highest BCUT2D eigenvalue weighted by atomic mass is 35.5. The number of carbonyl (C=O) groups is 1. The number of rotatable bonds is 4. The average Bonchev–Trinajstić information content (AvgIpc) is 3.06. The monoisotopic (exact) mass is 344 g/mol. The largest absolute Gasteiger partial charge is 0.338 e. The molecule has 124 valence electrons. The van der Waals surface area contributed by atoms with E-state index in [-0.39, 0.29) is 42.9 Å². The maximum Gasteiger partial charge on any atom is 0.262 e. The molecule has 0 bridgehead atoms. The predicted octanol–water partition coefficient (Wildman–Crippen LogP) is 2.34. The maximum absolute atomic E-state index is 13.1. The van der Waals surface area contributed by atoms with Crippen molar-refractivity contribution in [2.75, 3.05) is 11.9 Å². The first-order valence-electron chi connectivity index (χ1n) is 6.80. The predicted molar refractivity (Wildman–Crippen MR) is 80.6 cm³/mol.